The minimum Gasteiger partial charge on any atom is -0.394 e. The lowest BCUT2D eigenvalue weighted by Gasteiger charge is -2.19. The Morgan fingerprint density at radius 3 is 1.30 bits per heavy atom. The molecule has 3 atom stereocenters. The molecule has 0 fully saturated rings. The molecule has 0 saturated carbocycles. The van der Waals surface area contributed by atoms with Crippen molar-refractivity contribution in [3.8, 4) is 0 Å². The van der Waals surface area contributed by atoms with Crippen LogP contribution in [0.25, 0.3) is 0 Å². The molecule has 0 rings (SSSR count). The summed E-state index contributed by atoms with van der Waals surface area (Å²) in [6.07, 6.45) is -4.29. The van der Waals surface area contributed by atoms with Gasteiger partial charge in [-0.3, -0.25) is 0 Å². The van der Waals surface area contributed by atoms with Crippen molar-refractivity contribution in [3.63, 3.8) is 0 Å². The van der Waals surface area contributed by atoms with Gasteiger partial charge in [-0.05, 0) is 0 Å². The summed E-state index contributed by atoms with van der Waals surface area (Å²) in [5.41, 5.74) is 0. The number of hydrogen-bond acceptors (Lipinski definition) is 5. The quantitative estimate of drug-likeness (QED) is 0.279. The van der Waals surface area contributed by atoms with E-state index in [-0.39, 0.29) is 0 Å². The molecular weight excluding hydrogens is 142 g/mol. The Labute approximate surface area is 58.2 Å². The Morgan fingerprint density at radius 2 is 1.10 bits per heavy atom. The van der Waals surface area contributed by atoms with Crippen molar-refractivity contribution in [3.05, 3.63) is 0 Å². The first kappa shape index (κ1) is 9.80. The molecule has 10 heavy (non-hydrogen) atoms. The third-order valence-corrected chi connectivity index (χ3v) is 1.16. The summed E-state index contributed by atoms with van der Waals surface area (Å²) in [5.74, 6) is 0. The Morgan fingerprint density at radius 1 is 0.800 bits per heavy atom. The Hall–Kier alpha value is -0.200. The van der Waals surface area contributed by atoms with Crippen molar-refractivity contribution in [1.29, 1.82) is 0 Å². The van der Waals surface area contributed by atoms with Crippen LogP contribution in [0.1, 0.15) is 0 Å². The fraction of sp³-hybridized carbons (Fsp3) is 1.00. The van der Waals surface area contributed by atoms with Crippen LogP contribution in [0.2, 0.25) is 0 Å². The van der Waals surface area contributed by atoms with Crippen LogP contribution in [0, 0.1) is 0 Å². The molecule has 0 aromatic rings. The second-order valence-electron chi connectivity index (χ2n) is 1.99. The fourth-order valence-corrected chi connectivity index (χ4v) is 0.472. The highest BCUT2D eigenvalue weighted by Gasteiger charge is 2.22. The van der Waals surface area contributed by atoms with Crippen LogP contribution in [-0.2, 0) is 0 Å². The van der Waals surface area contributed by atoms with Crippen molar-refractivity contribution < 1.29 is 25.5 Å². The average Bonchev–Trinajstić information content (AvgIpc) is 2.00. The molecule has 5 N–H and O–H groups in total. The molecule has 0 aromatic heterocycles. The zero-order valence-electron chi connectivity index (χ0n) is 5.38. The topological polar surface area (TPSA) is 101 Å². The molecule has 5 nitrogen and oxygen atoms in total. The van der Waals surface area contributed by atoms with E-state index in [9.17, 15) is 0 Å². The van der Waals surface area contributed by atoms with E-state index in [1.54, 1.807) is 0 Å². The molecule has 0 unspecified atom stereocenters. The van der Waals surface area contributed by atoms with E-state index in [1.165, 1.54) is 0 Å². The molecule has 0 saturated heterocycles. The van der Waals surface area contributed by atoms with Gasteiger partial charge >= 0.3 is 0 Å². The summed E-state index contributed by atoms with van der Waals surface area (Å²) in [4.78, 5) is 0. The normalized spacial score (nSPS) is 20.1. The highest BCUT2D eigenvalue weighted by molar-refractivity contribution is 4.73. The number of rotatable bonds is 4. The monoisotopic (exact) mass is 154 g/mol. The molecule has 0 heterocycles. The van der Waals surface area contributed by atoms with Gasteiger partial charge in [0.25, 0.3) is 0 Å². The highest BCUT2D eigenvalue weighted by Crippen LogP contribution is 1.97. The molecule has 0 spiro atoms. The summed E-state index contributed by atoms with van der Waals surface area (Å²) in [6.45, 7) is -1.28. The molecule has 0 aliphatic carbocycles. The van der Waals surface area contributed by atoms with E-state index < -0.39 is 31.5 Å². The third-order valence-electron chi connectivity index (χ3n) is 1.16. The standard InChI is InChI=1S/C5H12O5/c6-1-3(8)5(10)4(9)2-7/h3-10H,1-2H2/t3-,4-/m1/s1/i1+1,3+1/t3-,4-,5+. The molecule has 0 aliphatic rings. The molecule has 0 radical (unpaired) electrons. The van der Waals surface area contributed by atoms with Crippen LogP contribution in [0.4, 0.5) is 0 Å². The van der Waals surface area contributed by atoms with Crippen LogP contribution in [-0.4, -0.2) is 57.1 Å². The molecular formula is C5H12O5. The summed E-state index contributed by atoms with van der Waals surface area (Å²) in [7, 11) is 0. The Bertz CT molecular complexity index is 76.1. The average molecular weight is 154 g/mol. The maximum absolute atomic E-state index is 8.77. The molecule has 0 bridgehead atoms. The predicted octanol–water partition coefficient (Wildman–Crippen LogP) is -2.95. The smallest absolute Gasteiger partial charge is 0.110 e. The van der Waals surface area contributed by atoms with Gasteiger partial charge in [-0.2, -0.15) is 0 Å². The lowest BCUT2D eigenvalue weighted by Crippen LogP contribution is -2.41. The van der Waals surface area contributed by atoms with Gasteiger partial charge < -0.3 is 25.5 Å². The van der Waals surface area contributed by atoms with Crippen LogP contribution < -0.4 is 0 Å². The number of aliphatic hydroxyl groups excluding tert-OH is 5. The Kier molecular flexibility index (Phi) is 4.50. The molecule has 62 valence electrons. The molecule has 5 heteroatoms. The second-order valence-corrected chi connectivity index (χ2v) is 1.99. The minimum atomic E-state index is -1.49. The van der Waals surface area contributed by atoms with Gasteiger partial charge in [-0.15, -0.1) is 0 Å². The molecule has 0 amide bonds. The fourth-order valence-electron chi connectivity index (χ4n) is 0.472. The van der Waals surface area contributed by atoms with Crippen LogP contribution >= 0.6 is 0 Å². The first-order valence-electron chi connectivity index (χ1n) is 2.89. The summed E-state index contributed by atoms with van der Waals surface area (Å²) < 4.78 is 0. The van der Waals surface area contributed by atoms with E-state index >= 15 is 0 Å². The van der Waals surface area contributed by atoms with Gasteiger partial charge in [0, 0.05) is 0 Å². The van der Waals surface area contributed by atoms with Crippen LogP contribution in [0.5, 0.6) is 0 Å². The summed E-state index contributed by atoms with van der Waals surface area (Å²) >= 11 is 0. The first-order valence-corrected chi connectivity index (χ1v) is 2.89. The van der Waals surface area contributed by atoms with Crippen molar-refractivity contribution >= 4 is 0 Å². The van der Waals surface area contributed by atoms with Gasteiger partial charge in [0.1, 0.15) is 18.3 Å². The number of aliphatic hydroxyl groups is 5. The van der Waals surface area contributed by atoms with E-state index in [4.69, 9.17) is 25.5 Å². The van der Waals surface area contributed by atoms with Crippen molar-refractivity contribution in [2.45, 2.75) is 18.3 Å². The van der Waals surface area contributed by atoms with E-state index in [0.717, 1.165) is 0 Å². The second kappa shape index (κ2) is 4.59. The van der Waals surface area contributed by atoms with E-state index in [0.29, 0.717) is 0 Å². The molecule has 0 aliphatic heterocycles. The maximum Gasteiger partial charge on any atom is 0.110 e. The zero-order chi connectivity index (χ0) is 8.15. The largest absolute Gasteiger partial charge is 0.394 e. The highest BCUT2D eigenvalue weighted by atomic mass is 16.5. The van der Waals surface area contributed by atoms with Gasteiger partial charge in [0.2, 0.25) is 0 Å². The van der Waals surface area contributed by atoms with Gasteiger partial charge in [0.05, 0.1) is 13.2 Å². The van der Waals surface area contributed by atoms with E-state index in [1.807, 2.05) is 0 Å². The first-order chi connectivity index (χ1) is 4.63. The Balaban J connectivity index is 3.69. The number of hydrogen-bond donors (Lipinski definition) is 5. The van der Waals surface area contributed by atoms with Gasteiger partial charge in [-0.1, -0.05) is 0 Å². The summed E-state index contributed by atoms with van der Waals surface area (Å²) in [6, 6.07) is 0. The van der Waals surface area contributed by atoms with Gasteiger partial charge in [0.15, 0.2) is 0 Å². The summed E-state index contributed by atoms with van der Waals surface area (Å²) in [5, 5.41) is 42.6. The lowest BCUT2D eigenvalue weighted by molar-refractivity contribution is -0.0900. The van der Waals surface area contributed by atoms with Crippen molar-refractivity contribution in [2.24, 2.45) is 0 Å². The SMILES string of the molecule is OC[C@@H](O)[C@@H](O)[13C@H](O)[13CH2]O. The predicted molar refractivity (Wildman–Crippen MR) is 32.2 cm³/mol. The molecule has 0 aromatic carbocycles. The minimum absolute atomic E-state index is 0.641. The zero-order valence-corrected chi connectivity index (χ0v) is 5.38. The van der Waals surface area contributed by atoms with Crippen LogP contribution in [0.15, 0.2) is 0 Å². The van der Waals surface area contributed by atoms with Crippen molar-refractivity contribution in [1.82, 2.24) is 0 Å². The third kappa shape index (κ3) is 2.59. The lowest BCUT2D eigenvalue weighted by atomic mass is 10.3. The van der Waals surface area contributed by atoms with E-state index in [2.05, 4.69) is 0 Å². The van der Waals surface area contributed by atoms with Crippen molar-refractivity contribution in [2.75, 3.05) is 13.2 Å². The van der Waals surface area contributed by atoms with Crippen LogP contribution in [0.3, 0.4) is 0 Å². The van der Waals surface area contributed by atoms with Gasteiger partial charge in [-0.25, -0.2) is 0 Å². The maximum atomic E-state index is 8.77.